The molecule has 0 bridgehead atoms. The van der Waals surface area contributed by atoms with E-state index in [-0.39, 0.29) is 0 Å². The molecule has 1 saturated heterocycles. The minimum Gasteiger partial charge on any atom is -0.383 e. The van der Waals surface area contributed by atoms with Gasteiger partial charge in [0.05, 0.1) is 0 Å². The van der Waals surface area contributed by atoms with Crippen LogP contribution in [0.4, 0.5) is 17.6 Å². The Kier molecular flexibility index (Phi) is 11.1. The molecule has 2 heterocycles. The van der Waals surface area contributed by atoms with E-state index in [0.717, 1.165) is 64.1 Å². The lowest BCUT2D eigenvalue weighted by molar-refractivity contribution is -0.132. The Hall–Kier alpha value is -2.91. The van der Waals surface area contributed by atoms with Gasteiger partial charge in [-0.3, -0.25) is 4.79 Å². The summed E-state index contributed by atoms with van der Waals surface area (Å²) < 4.78 is 0. The van der Waals surface area contributed by atoms with Gasteiger partial charge in [-0.1, -0.05) is 56.4 Å². The highest BCUT2D eigenvalue weighted by atomic mass is 16.2. The number of nitrogens with zero attached hydrogens (tertiary/aromatic N) is 4. The molecule has 0 radical (unpaired) electrons. The van der Waals surface area contributed by atoms with Crippen LogP contribution in [-0.4, -0.2) is 66.1 Å². The average Bonchev–Trinajstić information content (AvgIpc) is 3.52. The van der Waals surface area contributed by atoms with Crippen LogP contribution in [0.1, 0.15) is 81.8 Å². The maximum atomic E-state index is 12.7. The highest BCUT2D eigenvalue weighted by Crippen LogP contribution is 2.28. The number of nitrogens with two attached hydrogens (primary N) is 1. The topological polar surface area (TPSA) is 111 Å². The highest BCUT2D eigenvalue weighted by Gasteiger charge is 2.26. The molecule has 1 amide bonds. The van der Waals surface area contributed by atoms with E-state index in [1.807, 2.05) is 11.0 Å². The summed E-state index contributed by atoms with van der Waals surface area (Å²) in [5.41, 5.74) is 8.61. The van der Waals surface area contributed by atoms with Crippen molar-refractivity contribution in [3.63, 3.8) is 0 Å². The Morgan fingerprint density at radius 3 is 2.27 bits per heavy atom. The molecule has 5 rings (SSSR count). The lowest BCUT2D eigenvalue weighted by atomic mass is 9.95. The molecule has 2 saturated carbocycles. The molecular weight excluding hydrogens is 512 g/mol. The van der Waals surface area contributed by atoms with Crippen LogP contribution >= 0.6 is 0 Å². The van der Waals surface area contributed by atoms with Crippen molar-refractivity contribution >= 4 is 23.5 Å². The SMILES string of the molecule is Nc1cc(N2CCN(C(=O)CC3CCCC3)CC2)nc(NCc2ccc(CNCCCNC3CCCCC3)cc2)n1. The first-order chi connectivity index (χ1) is 20.1. The first-order valence-electron chi connectivity index (χ1n) is 16.1. The van der Waals surface area contributed by atoms with Gasteiger partial charge >= 0.3 is 0 Å². The Bertz CT molecular complexity index is 1070. The van der Waals surface area contributed by atoms with Crippen molar-refractivity contribution < 1.29 is 4.79 Å². The van der Waals surface area contributed by atoms with Crippen LogP contribution in [0, 0.1) is 5.92 Å². The molecule has 0 unspecified atom stereocenters. The number of aromatic nitrogens is 2. The quantitative estimate of drug-likeness (QED) is 0.268. The standard InChI is InChI=1S/C32H50N8O/c33-29-22-30(39-17-19-40(20-18-39)31(41)21-25-7-4-5-8-25)38-32(37-29)36-24-27-13-11-26(12-14-27)23-34-15-6-16-35-28-9-2-1-3-10-28/h11-14,22,25,28,34-35H,1-10,15-21,23-24H2,(H3,33,36,37,38). The summed E-state index contributed by atoms with van der Waals surface area (Å²) in [6.07, 6.45) is 13.7. The van der Waals surface area contributed by atoms with Gasteiger partial charge < -0.3 is 31.5 Å². The van der Waals surface area contributed by atoms with Gasteiger partial charge in [0.25, 0.3) is 0 Å². The minimum atomic E-state index is 0.310. The number of amides is 1. The zero-order chi connectivity index (χ0) is 28.3. The number of nitrogens with one attached hydrogen (secondary N) is 3. The number of carbonyl (C=O) groups excluding carboxylic acids is 1. The van der Waals surface area contributed by atoms with Gasteiger partial charge in [-0.15, -0.1) is 0 Å². The molecule has 1 aromatic heterocycles. The maximum absolute atomic E-state index is 12.7. The van der Waals surface area contributed by atoms with Crippen molar-refractivity contribution in [3.05, 3.63) is 41.5 Å². The summed E-state index contributed by atoms with van der Waals surface area (Å²) >= 11 is 0. The van der Waals surface area contributed by atoms with E-state index in [0.29, 0.717) is 36.6 Å². The van der Waals surface area contributed by atoms with Crippen LogP contribution in [-0.2, 0) is 17.9 Å². The second kappa shape index (κ2) is 15.4. The van der Waals surface area contributed by atoms with E-state index in [1.54, 1.807) is 0 Å². The van der Waals surface area contributed by atoms with E-state index in [1.165, 1.54) is 68.9 Å². The summed E-state index contributed by atoms with van der Waals surface area (Å²) in [5, 5.41) is 10.6. The Balaban J connectivity index is 1.01. The van der Waals surface area contributed by atoms with Crippen LogP contribution in [0.5, 0.6) is 0 Å². The van der Waals surface area contributed by atoms with Crippen molar-refractivity contribution in [2.45, 2.75) is 89.8 Å². The summed E-state index contributed by atoms with van der Waals surface area (Å²) in [6, 6.07) is 11.3. The summed E-state index contributed by atoms with van der Waals surface area (Å²) in [6.45, 7) is 6.65. The molecule has 5 N–H and O–H groups in total. The number of nitrogen functional groups attached to an aromatic ring is 1. The second-order valence-electron chi connectivity index (χ2n) is 12.2. The van der Waals surface area contributed by atoms with Gasteiger partial charge in [0.1, 0.15) is 11.6 Å². The fourth-order valence-electron chi connectivity index (χ4n) is 6.48. The van der Waals surface area contributed by atoms with Crippen molar-refractivity contribution in [1.29, 1.82) is 0 Å². The van der Waals surface area contributed by atoms with Crippen molar-refractivity contribution in [2.75, 3.05) is 55.2 Å². The average molecular weight is 563 g/mol. The van der Waals surface area contributed by atoms with Crippen LogP contribution in [0.25, 0.3) is 0 Å². The molecule has 9 nitrogen and oxygen atoms in total. The minimum absolute atomic E-state index is 0.310. The normalized spacial score (nSPS) is 18.6. The molecular formula is C32H50N8O. The Morgan fingerprint density at radius 2 is 1.54 bits per heavy atom. The van der Waals surface area contributed by atoms with Gasteiger partial charge in [0.15, 0.2) is 0 Å². The number of carbonyl (C=O) groups is 1. The molecule has 1 aromatic carbocycles. The zero-order valence-corrected chi connectivity index (χ0v) is 24.8. The monoisotopic (exact) mass is 562 g/mol. The third-order valence-corrected chi connectivity index (χ3v) is 9.00. The lowest BCUT2D eigenvalue weighted by Crippen LogP contribution is -2.49. The third-order valence-electron chi connectivity index (χ3n) is 9.00. The number of hydrogen-bond acceptors (Lipinski definition) is 8. The van der Waals surface area contributed by atoms with Crippen LogP contribution in [0.15, 0.2) is 30.3 Å². The van der Waals surface area contributed by atoms with Crippen LogP contribution in [0.3, 0.4) is 0 Å². The van der Waals surface area contributed by atoms with Crippen molar-refractivity contribution in [1.82, 2.24) is 25.5 Å². The van der Waals surface area contributed by atoms with E-state index in [9.17, 15) is 4.79 Å². The van der Waals surface area contributed by atoms with E-state index in [4.69, 9.17) is 10.7 Å². The Morgan fingerprint density at radius 1 is 0.854 bits per heavy atom. The lowest BCUT2D eigenvalue weighted by Gasteiger charge is -2.36. The van der Waals surface area contributed by atoms with E-state index >= 15 is 0 Å². The number of piperazine rings is 1. The van der Waals surface area contributed by atoms with Crippen molar-refractivity contribution in [2.24, 2.45) is 5.92 Å². The number of benzene rings is 1. The molecule has 0 atom stereocenters. The predicted octanol–water partition coefficient (Wildman–Crippen LogP) is 4.30. The first kappa shape index (κ1) is 29.6. The van der Waals surface area contributed by atoms with Gasteiger partial charge in [-0.05, 0) is 62.2 Å². The fourth-order valence-corrected chi connectivity index (χ4v) is 6.48. The third kappa shape index (κ3) is 9.30. The van der Waals surface area contributed by atoms with Crippen LogP contribution < -0.4 is 26.6 Å². The van der Waals surface area contributed by atoms with Gasteiger partial charge in [-0.2, -0.15) is 9.97 Å². The number of anilines is 3. The van der Waals surface area contributed by atoms with Crippen molar-refractivity contribution in [3.8, 4) is 0 Å². The number of rotatable bonds is 13. The van der Waals surface area contributed by atoms with Gasteiger partial charge in [-0.25, -0.2) is 0 Å². The summed E-state index contributed by atoms with van der Waals surface area (Å²) in [7, 11) is 0. The number of hydrogen-bond donors (Lipinski definition) is 4. The molecule has 1 aliphatic heterocycles. The molecule has 9 heteroatoms. The summed E-state index contributed by atoms with van der Waals surface area (Å²) in [5.74, 6) is 2.70. The Labute approximate surface area is 246 Å². The largest absolute Gasteiger partial charge is 0.383 e. The zero-order valence-electron chi connectivity index (χ0n) is 24.8. The molecule has 3 aliphatic rings. The molecule has 2 aromatic rings. The van der Waals surface area contributed by atoms with E-state index in [2.05, 4.69) is 50.1 Å². The van der Waals surface area contributed by atoms with Gasteiger partial charge in [0, 0.05) is 57.8 Å². The van der Waals surface area contributed by atoms with Gasteiger partial charge in [0.2, 0.25) is 11.9 Å². The highest BCUT2D eigenvalue weighted by molar-refractivity contribution is 5.76. The molecule has 3 fully saturated rings. The van der Waals surface area contributed by atoms with Crippen LogP contribution in [0.2, 0.25) is 0 Å². The predicted molar refractivity (Wildman–Crippen MR) is 167 cm³/mol. The van der Waals surface area contributed by atoms with E-state index < -0.39 is 0 Å². The smallest absolute Gasteiger partial charge is 0.226 e. The first-order valence-corrected chi connectivity index (χ1v) is 16.1. The summed E-state index contributed by atoms with van der Waals surface area (Å²) in [4.78, 5) is 26.1. The molecule has 0 spiro atoms. The molecule has 2 aliphatic carbocycles. The molecule has 224 valence electrons. The maximum Gasteiger partial charge on any atom is 0.226 e. The second-order valence-corrected chi connectivity index (χ2v) is 12.2. The fraction of sp³-hybridized carbons (Fsp3) is 0.656. The molecule has 41 heavy (non-hydrogen) atoms.